The van der Waals surface area contributed by atoms with Crippen molar-refractivity contribution in [3.8, 4) is 0 Å². The molecule has 4 rings (SSSR count). The van der Waals surface area contributed by atoms with Crippen LogP contribution in [0.25, 0.3) is 16.6 Å². The normalized spacial score (nSPS) is 11.2. The number of hydrogen-bond donors (Lipinski definition) is 2. The molecule has 0 aliphatic carbocycles. The second-order valence-corrected chi connectivity index (χ2v) is 8.38. The molecule has 0 bridgehead atoms. The van der Waals surface area contributed by atoms with E-state index in [1.54, 1.807) is 10.5 Å². The second kappa shape index (κ2) is 6.46. The molecule has 0 atom stereocenters. The molecular formula is C18H12BrN3O2S2. The number of aromatic nitrogens is 2. The van der Waals surface area contributed by atoms with Gasteiger partial charge in [0.05, 0.1) is 10.9 Å². The first-order valence-electron chi connectivity index (χ1n) is 7.69. The molecule has 0 saturated heterocycles. The van der Waals surface area contributed by atoms with Crippen LogP contribution in [0.1, 0.15) is 15.2 Å². The van der Waals surface area contributed by atoms with E-state index in [0.29, 0.717) is 31.1 Å². The van der Waals surface area contributed by atoms with Crippen LogP contribution < -0.4 is 10.9 Å². The number of amides is 1. The van der Waals surface area contributed by atoms with Crippen molar-refractivity contribution in [2.24, 2.45) is 0 Å². The second-order valence-electron chi connectivity index (χ2n) is 5.82. The van der Waals surface area contributed by atoms with Crippen LogP contribution in [0.3, 0.4) is 0 Å². The molecule has 0 saturated carbocycles. The number of benzene rings is 2. The summed E-state index contributed by atoms with van der Waals surface area (Å²) in [4.78, 5) is 28.4. The molecule has 0 aliphatic rings. The molecule has 4 aromatic rings. The van der Waals surface area contributed by atoms with Crippen LogP contribution in [-0.4, -0.2) is 15.3 Å². The van der Waals surface area contributed by atoms with E-state index in [9.17, 15) is 9.59 Å². The van der Waals surface area contributed by atoms with Crippen LogP contribution in [0.2, 0.25) is 0 Å². The van der Waals surface area contributed by atoms with Crippen LogP contribution in [0, 0.1) is 10.9 Å². The predicted molar refractivity (Wildman–Crippen MR) is 111 cm³/mol. The van der Waals surface area contributed by atoms with E-state index in [2.05, 4.69) is 26.2 Å². The zero-order valence-electron chi connectivity index (χ0n) is 13.5. The fourth-order valence-corrected chi connectivity index (χ4v) is 4.38. The lowest BCUT2D eigenvalue weighted by Crippen LogP contribution is -2.15. The Balaban J connectivity index is 1.89. The van der Waals surface area contributed by atoms with Gasteiger partial charge >= 0.3 is 0 Å². The summed E-state index contributed by atoms with van der Waals surface area (Å²) in [5, 5.41) is 3.36. The number of carbonyl (C=O) groups is 1. The highest BCUT2D eigenvalue weighted by atomic mass is 79.9. The topological polar surface area (TPSA) is 66.4 Å². The molecule has 0 radical (unpaired) electrons. The van der Waals surface area contributed by atoms with Crippen molar-refractivity contribution in [3.63, 3.8) is 0 Å². The smallest absolute Gasteiger partial charge is 0.269 e. The van der Waals surface area contributed by atoms with Gasteiger partial charge in [-0.25, -0.2) is 0 Å². The lowest BCUT2D eigenvalue weighted by atomic mass is 10.2. The molecule has 0 aliphatic heterocycles. The zero-order valence-corrected chi connectivity index (χ0v) is 16.7. The van der Waals surface area contributed by atoms with Crippen LogP contribution in [-0.2, 0) is 0 Å². The Morgan fingerprint density at radius 1 is 1.23 bits per heavy atom. The first kappa shape index (κ1) is 17.1. The number of carbonyl (C=O) groups excluding carboxylic acids is 1. The van der Waals surface area contributed by atoms with Crippen molar-refractivity contribution in [1.29, 1.82) is 0 Å². The Morgan fingerprint density at radius 2 is 1.96 bits per heavy atom. The van der Waals surface area contributed by atoms with Crippen molar-refractivity contribution < 1.29 is 4.79 Å². The largest absolute Gasteiger partial charge is 0.321 e. The summed E-state index contributed by atoms with van der Waals surface area (Å²) >= 11 is 9.99. The number of aromatic amines is 1. The first-order chi connectivity index (χ1) is 12.4. The molecule has 8 heteroatoms. The molecule has 2 aromatic heterocycles. The Bertz CT molecular complexity index is 1290. The molecule has 1 amide bonds. The minimum absolute atomic E-state index is 0.265. The molecule has 130 valence electrons. The molecule has 0 fully saturated rings. The molecule has 5 nitrogen and oxygen atoms in total. The maximum atomic E-state index is 12.7. The summed E-state index contributed by atoms with van der Waals surface area (Å²) in [6, 6.07) is 12.9. The summed E-state index contributed by atoms with van der Waals surface area (Å²) in [6.45, 7) is 1.98. The van der Waals surface area contributed by atoms with Crippen LogP contribution in [0.4, 0.5) is 5.69 Å². The number of hydrogen-bond acceptors (Lipinski definition) is 4. The van der Waals surface area contributed by atoms with E-state index in [1.807, 2.05) is 43.3 Å². The first-order valence-corrected chi connectivity index (χ1v) is 9.71. The third-order valence-electron chi connectivity index (χ3n) is 4.00. The van der Waals surface area contributed by atoms with Gasteiger partial charge in [-0.2, -0.15) is 0 Å². The van der Waals surface area contributed by atoms with Gasteiger partial charge < -0.3 is 10.3 Å². The summed E-state index contributed by atoms with van der Waals surface area (Å²) < 4.78 is 3.03. The van der Waals surface area contributed by atoms with Crippen LogP contribution >= 0.6 is 39.5 Å². The van der Waals surface area contributed by atoms with Gasteiger partial charge in [0.2, 0.25) is 0 Å². The minimum Gasteiger partial charge on any atom is -0.321 e. The monoisotopic (exact) mass is 445 g/mol. The minimum atomic E-state index is -0.306. The van der Waals surface area contributed by atoms with E-state index < -0.39 is 0 Å². The quantitative estimate of drug-likeness (QED) is 0.431. The van der Waals surface area contributed by atoms with Gasteiger partial charge in [-0.15, -0.1) is 0 Å². The molecular weight excluding hydrogens is 434 g/mol. The zero-order chi connectivity index (χ0) is 18.4. The Morgan fingerprint density at radius 3 is 2.69 bits per heavy atom. The Kier molecular flexibility index (Phi) is 4.26. The molecule has 0 spiro atoms. The summed E-state index contributed by atoms with van der Waals surface area (Å²) in [5.41, 5.74) is 2.60. The third-order valence-corrected chi connectivity index (χ3v) is 5.87. The number of H-pyrrole nitrogens is 1. The fourth-order valence-electron chi connectivity index (χ4n) is 2.74. The molecule has 26 heavy (non-hydrogen) atoms. The van der Waals surface area contributed by atoms with Crippen molar-refractivity contribution in [2.45, 2.75) is 6.92 Å². The standard InChI is InChI=1S/C18H12BrN3O2S2/c1-9-2-5-11(6-3-9)20-17(24)14-15-21-16(23)12-8-10(19)4-7-13(12)22(15)18(25)26-14/h2-8H,1H3,(H,20,24)(H,21,23). The SMILES string of the molecule is Cc1ccc(NC(=O)c2sc(=S)n3c2[nH]c(=O)c2cc(Br)ccc23)cc1. The van der Waals surface area contributed by atoms with Gasteiger partial charge in [-0.1, -0.05) is 45.0 Å². The number of nitrogens with zero attached hydrogens (tertiary/aromatic N) is 1. The number of anilines is 1. The summed E-state index contributed by atoms with van der Waals surface area (Å²) in [7, 11) is 0. The van der Waals surface area contributed by atoms with Crippen molar-refractivity contribution >= 4 is 67.6 Å². The van der Waals surface area contributed by atoms with E-state index in [-0.39, 0.29) is 11.5 Å². The van der Waals surface area contributed by atoms with E-state index in [1.165, 1.54) is 11.3 Å². The Hall–Kier alpha value is -2.29. The molecule has 2 heterocycles. The Labute approximate surface area is 165 Å². The van der Waals surface area contributed by atoms with Gasteiger partial charge in [0.15, 0.2) is 3.95 Å². The highest BCUT2D eigenvalue weighted by Gasteiger charge is 2.18. The van der Waals surface area contributed by atoms with Crippen LogP contribution in [0.15, 0.2) is 51.7 Å². The maximum Gasteiger partial charge on any atom is 0.269 e. The number of fused-ring (bicyclic) bond motifs is 3. The van der Waals surface area contributed by atoms with Gasteiger partial charge in [-0.05, 0) is 49.5 Å². The number of nitrogens with one attached hydrogen (secondary N) is 2. The highest BCUT2D eigenvalue weighted by molar-refractivity contribution is 9.10. The van der Waals surface area contributed by atoms with Gasteiger partial charge in [0.1, 0.15) is 10.5 Å². The van der Waals surface area contributed by atoms with E-state index in [4.69, 9.17) is 12.2 Å². The third kappa shape index (κ3) is 2.90. The lowest BCUT2D eigenvalue weighted by Gasteiger charge is -2.06. The maximum absolute atomic E-state index is 12.7. The average molecular weight is 446 g/mol. The van der Waals surface area contributed by atoms with Gasteiger partial charge in [0.25, 0.3) is 11.5 Å². The number of rotatable bonds is 2. The average Bonchev–Trinajstić information content (AvgIpc) is 2.94. The molecule has 2 aromatic carbocycles. The summed E-state index contributed by atoms with van der Waals surface area (Å²) in [6.07, 6.45) is 0. The number of halogens is 1. The van der Waals surface area contributed by atoms with Crippen LogP contribution in [0.5, 0.6) is 0 Å². The highest BCUT2D eigenvalue weighted by Crippen LogP contribution is 2.25. The molecule has 2 N–H and O–H groups in total. The number of thiazole rings is 1. The van der Waals surface area contributed by atoms with E-state index >= 15 is 0 Å². The van der Waals surface area contributed by atoms with Gasteiger partial charge in [0, 0.05) is 10.2 Å². The van der Waals surface area contributed by atoms with Crippen molar-refractivity contribution in [3.05, 3.63) is 71.7 Å². The van der Waals surface area contributed by atoms with Crippen molar-refractivity contribution in [1.82, 2.24) is 9.38 Å². The summed E-state index contributed by atoms with van der Waals surface area (Å²) in [5.74, 6) is -0.306. The van der Waals surface area contributed by atoms with Gasteiger partial charge in [-0.3, -0.25) is 14.0 Å². The van der Waals surface area contributed by atoms with Crippen molar-refractivity contribution in [2.75, 3.05) is 5.32 Å². The van der Waals surface area contributed by atoms with E-state index in [0.717, 1.165) is 10.0 Å². The predicted octanol–water partition coefficient (Wildman–Crippen LogP) is 4.90. The lowest BCUT2D eigenvalue weighted by molar-refractivity contribution is 0.103. The fraction of sp³-hybridized carbons (Fsp3) is 0.0556. The molecule has 0 unspecified atom stereocenters. The number of aryl methyl sites for hydroxylation is 1.